The van der Waals surface area contributed by atoms with Crippen LogP contribution in [0.5, 0.6) is 11.5 Å². The van der Waals surface area contributed by atoms with Crippen LogP contribution in [0.25, 0.3) is 60.9 Å². The largest absolute Gasteiger partial charge is 0.457 e. The van der Waals surface area contributed by atoms with E-state index in [0.717, 1.165) is 66.6 Å². The van der Waals surface area contributed by atoms with E-state index in [0.29, 0.717) is 11.3 Å². The highest BCUT2D eigenvalue weighted by molar-refractivity contribution is 7.91. The molecule has 1 aliphatic carbocycles. The molecule has 0 radical (unpaired) electrons. The number of aromatic nitrogens is 1. The monoisotopic (exact) mass is 814 g/mol. The number of sulfone groups is 1. The molecule has 1 spiro atoms. The molecule has 0 saturated carbocycles. The highest BCUT2D eigenvalue weighted by Gasteiger charge is 2.51. The summed E-state index contributed by atoms with van der Waals surface area (Å²) in [7, 11) is -3.73. The molecule has 2 aliphatic rings. The van der Waals surface area contributed by atoms with E-state index in [9.17, 15) is 13.7 Å². The second kappa shape index (κ2) is 13.5. The quantitative estimate of drug-likeness (QED) is 0.173. The molecule has 0 saturated heterocycles. The lowest BCUT2D eigenvalue weighted by molar-refractivity contribution is 0.437. The Balaban J connectivity index is 1.05. The number of ether oxygens (including phenoxy) is 1. The molecule has 1 aliphatic heterocycles. The minimum absolute atomic E-state index is 0.234. The van der Waals surface area contributed by atoms with Crippen molar-refractivity contribution < 1.29 is 13.2 Å². The van der Waals surface area contributed by atoms with E-state index < -0.39 is 15.3 Å². The molecule has 2 heterocycles. The molecule has 0 N–H and O–H groups in total. The van der Waals surface area contributed by atoms with Gasteiger partial charge in [0.25, 0.3) is 0 Å². The number of nitriles is 1. The molecule has 62 heavy (non-hydrogen) atoms. The third kappa shape index (κ3) is 5.16. The van der Waals surface area contributed by atoms with Crippen LogP contribution in [-0.2, 0) is 15.3 Å². The number of nitrogens with zero attached hydrogens (tertiary/aromatic N) is 2. The predicted octanol–water partition coefficient (Wildman–Crippen LogP) is 13.3. The van der Waals surface area contributed by atoms with Crippen molar-refractivity contribution >= 4 is 31.6 Å². The fourth-order valence-corrected chi connectivity index (χ4v) is 11.3. The normalized spacial score (nSPS) is 13.2. The van der Waals surface area contributed by atoms with E-state index in [2.05, 4.69) is 126 Å². The van der Waals surface area contributed by atoms with Crippen molar-refractivity contribution in [3.05, 3.63) is 234 Å². The highest BCUT2D eigenvalue weighted by Crippen LogP contribution is 2.62. The second-order valence-electron chi connectivity index (χ2n) is 16.0. The number of rotatable bonds is 5. The predicted molar refractivity (Wildman–Crippen MR) is 246 cm³/mol. The zero-order valence-corrected chi connectivity index (χ0v) is 34.0. The van der Waals surface area contributed by atoms with Gasteiger partial charge in [-0.3, -0.25) is 0 Å². The summed E-state index contributed by atoms with van der Waals surface area (Å²) in [6.07, 6.45) is 0. The summed E-state index contributed by atoms with van der Waals surface area (Å²) in [5, 5.41) is 12.0. The molecule has 1 aromatic heterocycles. The zero-order chi connectivity index (χ0) is 41.6. The summed E-state index contributed by atoms with van der Waals surface area (Å²) in [6, 6.07) is 71.0. The molecular formula is C56H34N2O3S. The third-order valence-electron chi connectivity index (χ3n) is 12.7. The van der Waals surface area contributed by atoms with Crippen molar-refractivity contribution in [2.45, 2.75) is 15.2 Å². The Hall–Kier alpha value is -7.98. The minimum atomic E-state index is -3.73. The Morgan fingerprint density at radius 3 is 1.61 bits per heavy atom. The fraction of sp³-hybridized carbons (Fsp3) is 0.0179. The van der Waals surface area contributed by atoms with Crippen molar-refractivity contribution in [3.8, 4) is 56.6 Å². The van der Waals surface area contributed by atoms with Crippen molar-refractivity contribution in [1.82, 2.24) is 4.57 Å². The Morgan fingerprint density at radius 2 is 0.968 bits per heavy atom. The van der Waals surface area contributed by atoms with Gasteiger partial charge >= 0.3 is 0 Å². The van der Waals surface area contributed by atoms with E-state index in [1.807, 2.05) is 48.5 Å². The van der Waals surface area contributed by atoms with Gasteiger partial charge in [-0.05, 0) is 123 Å². The maximum absolute atomic E-state index is 13.7. The summed E-state index contributed by atoms with van der Waals surface area (Å²) in [6.45, 7) is 0. The lowest BCUT2D eigenvalue weighted by Crippen LogP contribution is -2.32. The van der Waals surface area contributed by atoms with Crippen molar-refractivity contribution in [2.75, 3.05) is 0 Å². The van der Waals surface area contributed by atoms with Crippen molar-refractivity contribution in [2.24, 2.45) is 0 Å². The standard InChI is InChI=1S/C56H34N2O3S/c57-35-36-22-28-52-46(30-36)47-32-38(25-29-53(47)58(52)41-13-3-1-4-14-41)40-24-27-51-55(34-40)61-54-33-39(37-12-11-17-43(31-37)62(59,60)42-15-5-2-6-16-42)23-26-50(54)56(51)48-20-9-7-18-44(48)45-19-8-10-21-49(45)56/h1-34H. The summed E-state index contributed by atoms with van der Waals surface area (Å²) in [4.78, 5) is 0.490. The van der Waals surface area contributed by atoms with Gasteiger partial charge in [0.15, 0.2) is 0 Å². The van der Waals surface area contributed by atoms with E-state index in [4.69, 9.17) is 4.74 Å². The Labute approximate surface area is 358 Å². The number of hydrogen-bond acceptors (Lipinski definition) is 4. The lowest BCUT2D eigenvalue weighted by atomic mass is 9.65. The van der Waals surface area contributed by atoms with Crippen LogP contribution in [-0.4, -0.2) is 13.0 Å². The molecule has 9 aromatic carbocycles. The minimum Gasteiger partial charge on any atom is -0.457 e. The van der Waals surface area contributed by atoms with Gasteiger partial charge in [0.2, 0.25) is 9.84 Å². The maximum atomic E-state index is 13.7. The molecule has 0 atom stereocenters. The highest BCUT2D eigenvalue weighted by atomic mass is 32.2. The Kier molecular flexibility index (Phi) is 7.83. The van der Waals surface area contributed by atoms with Crippen LogP contribution in [0, 0.1) is 11.3 Å². The van der Waals surface area contributed by atoms with Gasteiger partial charge in [-0.1, -0.05) is 127 Å². The van der Waals surface area contributed by atoms with E-state index >= 15 is 0 Å². The fourth-order valence-electron chi connectivity index (χ4n) is 9.98. The van der Waals surface area contributed by atoms with Gasteiger partial charge in [-0.25, -0.2) is 8.42 Å². The second-order valence-corrected chi connectivity index (χ2v) is 17.9. The maximum Gasteiger partial charge on any atom is 0.206 e. The molecule has 292 valence electrons. The van der Waals surface area contributed by atoms with Gasteiger partial charge in [-0.15, -0.1) is 0 Å². The third-order valence-corrected chi connectivity index (χ3v) is 14.5. The lowest BCUT2D eigenvalue weighted by Gasteiger charge is -2.39. The Morgan fingerprint density at radius 1 is 0.452 bits per heavy atom. The molecule has 0 fully saturated rings. The van der Waals surface area contributed by atoms with Gasteiger partial charge < -0.3 is 9.30 Å². The number of hydrogen-bond donors (Lipinski definition) is 0. The van der Waals surface area contributed by atoms with E-state index in [-0.39, 0.29) is 9.79 Å². The van der Waals surface area contributed by atoms with E-state index in [1.54, 1.807) is 42.5 Å². The van der Waals surface area contributed by atoms with Crippen LogP contribution in [0.1, 0.15) is 27.8 Å². The molecule has 0 amide bonds. The summed E-state index contributed by atoms with van der Waals surface area (Å²) >= 11 is 0. The summed E-state index contributed by atoms with van der Waals surface area (Å²) in [5.74, 6) is 1.46. The molecule has 0 unspecified atom stereocenters. The first-order valence-electron chi connectivity index (χ1n) is 20.5. The van der Waals surface area contributed by atoms with E-state index in [1.165, 1.54) is 22.3 Å². The van der Waals surface area contributed by atoms with Crippen LogP contribution in [0.15, 0.2) is 216 Å². The van der Waals surface area contributed by atoms with Gasteiger partial charge in [0.1, 0.15) is 11.5 Å². The van der Waals surface area contributed by atoms with Crippen LogP contribution < -0.4 is 4.74 Å². The average Bonchev–Trinajstić information content (AvgIpc) is 3.81. The number of para-hydroxylation sites is 1. The molecule has 12 rings (SSSR count). The SMILES string of the molecule is N#Cc1ccc2c(c1)c1cc(-c3ccc4c(c3)Oc3cc(-c5cccc(S(=O)(=O)c6ccccc6)c5)ccc3C43c4ccccc4-c4ccccc43)ccc1n2-c1ccccc1. The molecule has 0 bridgehead atoms. The van der Waals surface area contributed by atoms with Crippen LogP contribution in [0.2, 0.25) is 0 Å². The molecule has 5 nitrogen and oxygen atoms in total. The van der Waals surface area contributed by atoms with Crippen LogP contribution >= 0.6 is 0 Å². The first-order valence-corrected chi connectivity index (χ1v) is 22.0. The molecule has 10 aromatic rings. The molecular weight excluding hydrogens is 781 g/mol. The number of fused-ring (bicyclic) bond motifs is 12. The van der Waals surface area contributed by atoms with Crippen LogP contribution in [0.4, 0.5) is 0 Å². The van der Waals surface area contributed by atoms with Gasteiger partial charge in [-0.2, -0.15) is 5.26 Å². The number of benzene rings is 9. The van der Waals surface area contributed by atoms with Gasteiger partial charge in [0.05, 0.1) is 37.9 Å². The van der Waals surface area contributed by atoms with Crippen LogP contribution in [0.3, 0.4) is 0 Å². The van der Waals surface area contributed by atoms with Gasteiger partial charge in [0, 0.05) is 27.6 Å². The average molecular weight is 815 g/mol. The summed E-state index contributed by atoms with van der Waals surface area (Å²) < 4.78 is 36.8. The first-order chi connectivity index (χ1) is 30.4. The topological polar surface area (TPSA) is 72.1 Å². The zero-order valence-electron chi connectivity index (χ0n) is 33.2. The first kappa shape index (κ1) is 35.9. The summed E-state index contributed by atoms with van der Waals surface area (Å²) in [5.41, 5.74) is 13.5. The molecule has 6 heteroatoms. The smallest absolute Gasteiger partial charge is 0.206 e. The van der Waals surface area contributed by atoms with Crippen molar-refractivity contribution in [1.29, 1.82) is 5.26 Å². The Bertz CT molecular complexity index is 3600. The van der Waals surface area contributed by atoms with Crippen molar-refractivity contribution in [3.63, 3.8) is 0 Å².